The smallest absolute Gasteiger partial charge is 0.240 e. The highest BCUT2D eigenvalue weighted by atomic mass is 16.5. The van der Waals surface area contributed by atoms with Gasteiger partial charge in [0.25, 0.3) is 0 Å². The maximum Gasteiger partial charge on any atom is 0.240 e. The number of nitrogens with one attached hydrogen (secondary N) is 2. The molecule has 1 saturated carbocycles. The Morgan fingerprint density at radius 1 is 1.20 bits per heavy atom. The normalized spacial score (nSPS) is 15.1. The predicted octanol–water partition coefficient (Wildman–Crippen LogP) is 2.68. The number of hydrazone groups is 1. The van der Waals surface area contributed by atoms with Gasteiger partial charge < -0.3 is 10.1 Å². The van der Waals surface area contributed by atoms with E-state index in [4.69, 9.17) is 4.74 Å². The molecule has 0 saturated heterocycles. The predicted molar refractivity (Wildman–Crippen MR) is 97.7 cm³/mol. The molecule has 1 aliphatic carbocycles. The number of amides is 2. The maximum absolute atomic E-state index is 11.9. The molecule has 25 heavy (non-hydrogen) atoms. The van der Waals surface area contributed by atoms with E-state index in [2.05, 4.69) is 15.8 Å². The highest BCUT2D eigenvalue weighted by molar-refractivity contribution is 5.85. The van der Waals surface area contributed by atoms with Crippen molar-refractivity contribution in [1.82, 2.24) is 10.7 Å². The van der Waals surface area contributed by atoms with Gasteiger partial charge in [-0.1, -0.05) is 31.4 Å². The third-order valence-corrected chi connectivity index (χ3v) is 4.38. The SMILES string of the molecule is COc1cc(/C=N\NC(=O)CCC(=O)NC2CCCCC2)ccc1C. The first-order chi connectivity index (χ1) is 12.1. The molecule has 6 heteroatoms. The maximum atomic E-state index is 11.9. The van der Waals surface area contributed by atoms with E-state index < -0.39 is 0 Å². The molecular formula is C19H27N3O3. The van der Waals surface area contributed by atoms with Crippen molar-refractivity contribution in [3.63, 3.8) is 0 Å². The lowest BCUT2D eigenvalue weighted by molar-refractivity contribution is -0.126. The highest BCUT2D eigenvalue weighted by Gasteiger charge is 2.16. The average molecular weight is 345 g/mol. The lowest BCUT2D eigenvalue weighted by atomic mass is 9.95. The lowest BCUT2D eigenvalue weighted by Crippen LogP contribution is -2.36. The molecule has 0 bridgehead atoms. The third kappa shape index (κ3) is 6.57. The second kappa shape index (κ2) is 9.81. The van der Waals surface area contributed by atoms with Crippen molar-refractivity contribution in [1.29, 1.82) is 0 Å². The third-order valence-electron chi connectivity index (χ3n) is 4.38. The summed E-state index contributed by atoms with van der Waals surface area (Å²) < 4.78 is 5.25. The Morgan fingerprint density at radius 2 is 1.92 bits per heavy atom. The molecule has 2 amide bonds. The fourth-order valence-corrected chi connectivity index (χ4v) is 2.93. The number of carbonyl (C=O) groups excluding carboxylic acids is 2. The van der Waals surface area contributed by atoms with E-state index in [1.807, 2.05) is 25.1 Å². The Labute approximate surface area is 149 Å². The van der Waals surface area contributed by atoms with Gasteiger partial charge in [-0.2, -0.15) is 5.10 Å². The van der Waals surface area contributed by atoms with E-state index in [0.29, 0.717) is 0 Å². The van der Waals surface area contributed by atoms with Crippen molar-refractivity contribution >= 4 is 18.0 Å². The zero-order chi connectivity index (χ0) is 18.1. The Hall–Kier alpha value is -2.37. The topological polar surface area (TPSA) is 79.8 Å². The molecule has 0 atom stereocenters. The summed E-state index contributed by atoms with van der Waals surface area (Å²) in [4.78, 5) is 23.6. The van der Waals surface area contributed by atoms with Gasteiger partial charge in [0.05, 0.1) is 13.3 Å². The van der Waals surface area contributed by atoms with Crippen molar-refractivity contribution < 1.29 is 14.3 Å². The first kappa shape index (κ1) is 19.0. The zero-order valence-electron chi connectivity index (χ0n) is 15.0. The Balaban J connectivity index is 1.70. The molecular weight excluding hydrogens is 318 g/mol. The van der Waals surface area contributed by atoms with Crippen molar-refractivity contribution in [2.24, 2.45) is 5.10 Å². The fraction of sp³-hybridized carbons (Fsp3) is 0.526. The molecule has 0 aromatic heterocycles. The summed E-state index contributed by atoms with van der Waals surface area (Å²) in [6.45, 7) is 1.96. The van der Waals surface area contributed by atoms with Crippen LogP contribution >= 0.6 is 0 Å². The molecule has 0 radical (unpaired) electrons. The van der Waals surface area contributed by atoms with Crippen LogP contribution in [-0.4, -0.2) is 31.2 Å². The van der Waals surface area contributed by atoms with Gasteiger partial charge in [-0.15, -0.1) is 0 Å². The summed E-state index contributed by atoms with van der Waals surface area (Å²) in [6, 6.07) is 5.95. The second-order valence-electron chi connectivity index (χ2n) is 6.42. The van der Waals surface area contributed by atoms with Crippen molar-refractivity contribution in [2.75, 3.05) is 7.11 Å². The molecule has 1 aromatic carbocycles. The second-order valence-corrected chi connectivity index (χ2v) is 6.42. The van der Waals surface area contributed by atoms with Crippen LogP contribution in [0.4, 0.5) is 0 Å². The molecule has 136 valence electrons. The summed E-state index contributed by atoms with van der Waals surface area (Å²) in [5, 5.41) is 6.93. The summed E-state index contributed by atoms with van der Waals surface area (Å²) in [5.41, 5.74) is 4.32. The number of carbonyl (C=O) groups is 2. The highest BCUT2D eigenvalue weighted by Crippen LogP contribution is 2.18. The minimum atomic E-state index is -0.269. The van der Waals surface area contributed by atoms with Gasteiger partial charge in [0.2, 0.25) is 11.8 Å². The Morgan fingerprint density at radius 3 is 2.64 bits per heavy atom. The average Bonchev–Trinajstić information content (AvgIpc) is 2.62. The van der Waals surface area contributed by atoms with Gasteiger partial charge in [-0.25, -0.2) is 5.43 Å². The van der Waals surface area contributed by atoms with Crippen LogP contribution in [0, 0.1) is 6.92 Å². The van der Waals surface area contributed by atoms with Gasteiger partial charge in [0, 0.05) is 18.9 Å². The summed E-state index contributed by atoms with van der Waals surface area (Å²) in [7, 11) is 1.61. The van der Waals surface area contributed by atoms with Crippen LogP contribution in [0.3, 0.4) is 0 Å². The van der Waals surface area contributed by atoms with Crippen LogP contribution in [0.1, 0.15) is 56.1 Å². The van der Waals surface area contributed by atoms with E-state index in [1.54, 1.807) is 13.3 Å². The number of benzene rings is 1. The van der Waals surface area contributed by atoms with Crippen LogP contribution in [0.25, 0.3) is 0 Å². The van der Waals surface area contributed by atoms with E-state index in [-0.39, 0.29) is 30.7 Å². The number of methoxy groups -OCH3 is 1. The first-order valence-electron chi connectivity index (χ1n) is 8.84. The molecule has 0 aliphatic heterocycles. The molecule has 2 N–H and O–H groups in total. The van der Waals surface area contributed by atoms with Gasteiger partial charge >= 0.3 is 0 Å². The monoisotopic (exact) mass is 345 g/mol. The van der Waals surface area contributed by atoms with Crippen molar-refractivity contribution in [3.8, 4) is 5.75 Å². The quantitative estimate of drug-likeness (QED) is 0.589. The summed E-state index contributed by atoms with van der Waals surface area (Å²) in [6.07, 6.45) is 7.56. The Bertz CT molecular complexity index is 622. The number of aryl methyl sites for hydroxylation is 1. The van der Waals surface area contributed by atoms with Gasteiger partial charge in [-0.3, -0.25) is 9.59 Å². The number of ether oxygens (including phenoxy) is 1. The van der Waals surface area contributed by atoms with Crippen LogP contribution < -0.4 is 15.5 Å². The Kier molecular flexibility index (Phi) is 7.44. The standard InChI is InChI=1S/C19H27N3O3/c1-14-8-9-15(12-17(14)25-2)13-20-22-19(24)11-10-18(23)21-16-6-4-3-5-7-16/h8-9,12-13,16H,3-7,10-11H2,1-2H3,(H,21,23)(H,22,24)/b20-13-. The molecule has 2 rings (SSSR count). The number of hydrogen-bond acceptors (Lipinski definition) is 4. The van der Waals surface area contributed by atoms with Crippen LogP contribution in [0.15, 0.2) is 23.3 Å². The number of nitrogens with zero attached hydrogens (tertiary/aromatic N) is 1. The molecule has 1 aliphatic rings. The lowest BCUT2D eigenvalue weighted by Gasteiger charge is -2.22. The van der Waals surface area contributed by atoms with Gasteiger partial charge in [0.1, 0.15) is 5.75 Å². The van der Waals surface area contributed by atoms with Crippen molar-refractivity contribution in [3.05, 3.63) is 29.3 Å². The first-order valence-corrected chi connectivity index (χ1v) is 8.84. The van der Waals surface area contributed by atoms with E-state index in [0.717, 1.165) is 29.7 Å². The van der Waals surface area contributed by atoms with Crippen LogP contribution in [-0.2, 0) is 9.59 Å². The molecule has 0 unspecified atom stereocenters. The number of hydrogen-bond donors (Lipinski definition) is 2. The van der Waals surface area contributed by atoms with Crippen LogP contribution in [0.5, 0.6) is 5.75 Å². The summed E-state index contributed by atoms with van der Waals surface area (Å²) in [5.74, 6) is 0.443. The van der Waals surface area contributed by atoms with Crippen LogP contribution in [0.2, 0.25) is 0 Å². The van der Waals surface area contributed by atoms with E-state index in [1.165, 1.54) is 19.3 Å². The zero-order valence-corrected chi connectivity index (χ0v) is 15.0. The van der Waals surface area contributed by atoms with Gasteiger partial charge in [-0.05, 0) is 37.0 Å². The van der Waals surface area contributed by atoms with Crippen molar-refractivity contribution in [2.45, 2.75) is 57.9 Å². The minimum Gasteiger partial charge on any atom is -0.496 e. The summed E-state index contributed by atoms with van der Waals surface area (Å²) >= 11 is 0. The van der Waals surface area contributed by atoms with E-state index >= 15 is 0 Å². The molecule has 0 spiro atoms. The molecule has 1 fully saturated rings. The number of rotatable bonds is 7. The minimum absolute atomic E-state index is 0.0608. The molecule has 1 aromatic rings. The largest absolute Gasteiger partial charge is 0.496 e. The van der Waals surface area contributed by atoms with E-state index in [9.17, 15) is 9.59 Å². The fourth-order valence-electron chi connectivity index (χ4n) is 2.93. The molecule has 6 nitrogen and oxygen atoms in total. The van der Waals surface area contributed by atoms with Gasteiger partial charge in [0.15, 0.2) is 0 Å². The molecule has 0 heterocycles.